The van der Waals surface area contributed by atoms with Gasteiger partial charge in [0.2, 0.25) is 0 Å². The normalized spacial score (nSPS) is 11.2. The first-order valence-electron chi connectivity index (χ1n) is 5.75. The number of para-hydroxylation sites is 2. The van der Waals surface area contributed by atoms with Gasteiger partial charge in [0.25, 0.3) is 5.82 Å². The van der Waals surface area contributed by atoms with Crippen LogP contribution in [0.4, 0.5) is 0 Å². The number of aryl methyl sites for hydroxylation is 2. The second-order valence-electron chi connectivity index (χ2n) is 4.14. The second-order valence-corrected chi connectivity index (χ2v) is 4.94. The van der Waals surface area contributed by atoms with E-state index in [1.165, 1.54) is 29.7 Å². The van der Waals surface area contributed by atoms with Crippen molar-refractivity contribution in [2.75, 3.05) is 5.33 Å². The molecule has 1 heterocycles. The van der Waals surface area contributed by atoms with Crippen LogP contribution in [-0.4, -0.2) is 9.90 Å². The predicted octanol–water partition coefficient (Wildman–Crippen LogP) is 2.95. The third-order valence-corrected chi connectivity index (χ3v) is 3.74. The average Bonchev–Trinajstić information content (AvgIpc) is 2.55. The summed E-state index contributed by atoms with van der Waals surface area (Å²) in [5.41, 5.74) is 2.66. The number of benzene rings is 1. The molecule has 0 aliphatic rings. The molecule has 0 unspecified atom stereocenters. The Labute approximate surface area is 105 Å². The highest BCUT2D eigenvalue weighted by molar-refractivity contribution is 9.09. The van der Waals surface area contributed by atoms with E-state index < -0.39 is 0 Å². The highest BCUT2D eigenvalue weighted by Crippen LogP contribution is 2.14. The molecule has 3 heteroatoms. The summed E-state index contributed by atoms with van der Waals surface area (Å²) in [5, 5.41) is 1.09. The molecule has 0 fully saturated rings. The summed E-state index contributed by atoms with van der Waals surface area (Å²) in [6.07, 6.45) is 2.46. The van der Waals surface area contributed by atoms with E-state index in [-0.39, 0.29) is 0 Å². The molecule has 1 aromatic carbocycles. The van der Waals surface area contributed by atoms with Gasteiger partial charge in [-0.25, -0.2) is 9.13 Å². The number of aromatic nitrogens is 2. The number of hydrogen-bond donors (Lipinski definition) is 0. The van der Waals surface area contributed by atoms with Crippen LogP contribution in [0.25, 0.3) is 11.0 Å². The minimum Gasteiger partial charge on any atom is -0.230 e. The Kier molecular flexibility index (Phi) is 3.64. The van der Waals surface area contributed by atoms with Gasteiger partial charge in [-0.2, -0.15) is 0 Å². The Morgan fingerprint density at radius 1 is 1.25 bits per heavy atom. The highest BCUT2D eigenvalue weighted by Gasteiger charge is 2.17. The molecule has 0 bridgehead atoms. The zero-order valence-electron chi connectivity index (χ0n) is 9.91. The first-order chi connectivity index (χ1) is 7.75. The molecule has 1 aromatic heterocycles. The van der Waals surface area contributed by atoms with E-state index in [1.54, 1.807) is 0 Å². The fraction of sp³-hybridized carbons (Fsp3) is 0.462. The summed E-state index contributed by atoms with van der Waals surface area (Å²) in [7, 11) is 2.14. The van der Waals surface area contributed by atoms with Crippen LogP contribution in [0, 0.1) is 6.92 Å². The molecule has 86 valence electrons. The molecule has 16 heavy (non-hydrogen) atoms. The van der Waals surface area contributed by atoms with Crippen molar-refractivity contribution in [2.24, 2.45) is 7.05 Å². The van der Waals surface area contributed by atoms with Gasteiger partial charge in [-0.1, -0.05) is 28.1 Å². The van der Waals surface area contributed by atoms with Gasteiger partial charge in [0, 0.05) is 12.3 Å². The van der Waals surface area contributed by atoms with Gasteiger partial charge in [0.05, 0.1) is 13.6 Å². The number of hydrogen-bond acceptors (Lipinski definition) is 0. The standard InChI is InChI=1S/C13H18BrN2/c1-11-15(2)12-7-3-4-8-13(12)16(11)10-6-5-9-14/h3-4,7-8H,5-6,9-10H2,1-2H3/q+1. The lowest BCUT2D eigenvalue weighted by molar-refractivity contribution is -0.652. The highest BCUT2D eigenvalue weighted by atomic mass is 79.9. The van der Waals surface area contributed by atoms with Crippen LogP contribution in [0.5, 0.6) is 0 Å². The predicted molar refractivity (Wildman–Crippen MR) is 70.9 cm³/mol. The van der Waals surface area contributed by atoms with Gasteiger partial charge in [-0.15, -0.1) is 0 Å². The fourth-order valence-corrected chi connectivity index (χ4v) is 2.55. The lowest BCUT2D eigenvalue weighted by Gasteiger charge is -1.98. The second kappa shape index (κ2) is 5.00. The Balaban J connectivity index is 2.39. The van der Waals surface area contributed by atoms with Crippen LogP contribution < -0.4 is 4.57 Å². The summed E-state index contributed by atoms with van der Waals surface area (Å²) in [6.45, 7) is 3.30. The minimum absolute atomic E-state index is 1.09. The molecule has 0 spiro atoms. The molecule has 0 saturated carbocycles. The molecule has 0 atom stereocenters. The van der Waals surface area contributed by atoms with Crippen molar-refractivity contribution in [3.63, 3.8) is 0 Å². The Morgan fingerprint density at radius 3 is 2.75 bits per heavy atom. The molecule has 2 nitrogen and oxygen atoms in total. The van der Waals surface area contributed by atoms with Crippen molar-refractivity contribution >= 4 is 27.0 Å². The maximum absolute atomic E-state index is 3.48. The Bertz CT molecular complexity index is 488. The molecule has 0 saturated heterocycles. The number of rotatable bonds is 4. The van der Waals surface area contributed by atoms with E-state index in [0.717, 1.165) is 11.9 Å². The quantitative estimate of drug-likeness (QED) is 0.463. The third-order valence-electron chi connectivity index (χ3n) is 3.18. The molecule has 0 amide bonds. The number of imidazole rings is 1. The largest absolute Gasteiger partial charge is 0.253 e. The molecule has 0 aliphatic carbocycles. The van der Waals surface area contributed by atoms with E-state index >= 15 is 0 Å². The maximum atomic E-state index is 3.48. The van der Waals surface area contributed by atoms with Crippen LogP contribution in [0.1, 0.15) is 18.7 Å². The van der Waals surface area contributed by atoms with Crippen LogP contribution in [0.3, 0.4) is 0 Å². The van der Waals surface area contributed by atoms with Crippen LogP contribution in [0.15, 0.2) is 24.3 Å². The molecule has 0 radical (unpaired) electrons. The van der Waals surface area contributed by atoms with Crippen molar-refractivity contribution in [3.8, 4) is 0 Å². The van der Waals surface area contributed by atoms with Gasteiger partial charge < -0.3 is 0 Å². The molecular weight excluding hydrogens is 264 g/mol. The van der Waals surface area contributed by atoms with E-state index in [0.29, 0.717) is 0 Å². The summed E-state index contributed by atoms with van der Waals surface area (Å²) in [4.78, 5) is 0. The number of nitrogens with zero attached hydrogens (tertiary/aromatic N) is 2. The van der Waals surface area contributed by atoms with Gasteiger partial charge in [-0.3, -0.25) is 0 Å². The molecule has 2 rings (SSSR count). The monoisotopic (exact) mass is 281 g/mol. The van der Waals surface area contributed by atoms with Gasteiger partial charge >= 0.3 is 0 Å². The number of fused-ring (bicyclic) bond motifs is 1. The average molecular weight is 282 g/mol. The topological polar surface area (TPSA) is 8.81 Å². The van der Waals surface area contributed by atoms with Gasteiger partial charge in [0.15, 0.2) is 11.0 Å². The van der Waals surface area contributed by atoms with E-state index in [1.807, 2.05) is 0 Å². The fourth-order valence-electron chi connectivity index (χ4n) is 2.15. The molecular formula is C13H18BrN2+. The number of alkyl halides is 1. The van der Waals surface area contributed by atoms with Crippen molar-refractivity contribution < 1.29 is 4.57 Å². The van der Waals surface area contributed by atoms with E-state index in [2.05, 4.69) is 63.3 Å². The van der Waals surface area contributed by atoms with E-state index in [9.17, 15) is 0 Å². The van der Waals surface area contributed by atoms with Crippen LogP contribution >= 0.6 is 15.9 Å². The zero-order chi connectivity index (χ0) is 11.5. The Hall–Kier alpha value is -0.830. The zero-order valence-corrected chi connectivity index (χ0v) is 11.5. The molecule has 2 aromatic rings. The summed E-state index contributed by atoms with van der Waals surface area (Å²) in [5.74, 6) is 1.33. The lowest BCUT2D eigenvalue weighted by atomic mass is 10.3. The first-order valence-corrected chi connectivity index (χ1v) is 6.87. The Morgan fingerprint density at radius 2 is 2.00 bits per heavy atom. The van der Waals surface area contributed by atoms with E-state index in [4.69, 9.17) is 0 Å². The smallest absolute Gasteiger partial charge is 0.230 e. The SMILES string of the molecule is Cc1n(CCCCBr)c2ccccc2[n+]1C. The first kappa shape index (κ1) is 11.6. The van der Waals surface area contributed by atoms with Crippen molar-refractivity contribution in [1.82, 2.24) is 4.57 Å². The van der Waals surface area contributed by atoms with Crippen LogP contribution in [0.2, 0.25) is 0 Å². The minimum atomic E-state index is 1.09. The summed E-state index contributed by atoms with van der Waals surface area (Å²) in [6, 6.07) is 8.60. The number of halogens is 1. The van der Waals surface area contributed by atoms with Gasteiger partial charge in [0.1, 0.15) is 0 Å². The summed E-state index contributed by atoms with van der Waals surface area (Å²) < 4.78 is 4.68. The van der Waals surface area contributed by atoms with Gasteiger partial charge in [-0.05, 0) is 25.0 Å². The van der Waals surface area contributed by atoms with Crippen LogP contribution in [-0.2, 0) is 13.6 Å². The lowest BCUT2D eigenvalue weighted by Crippen LogP contribution is -2.30. The maximum Gasteiger partial charge on any atom is 0.253 e. The molecule has 0 aliphatic heterocycles. The molecule has 0 N–H and O–H groups in total. The van der Waals surface area contributed by atoms with Crippen molar-refractivity contribution in [1.29, 1.82) is 0 Å². The van der Waals surface area contributed by atoms with Crippen molar-refractivity contribution in [3.05, 3.63) is 30.1 Å². The summed E-state index contributed by atoms with van der Waals surface area (Å²) >= 11 is 3.48. The third kappa shape index (κ3) is 2.01. The van der Waals surface area contributed by atoms with Crippen molar-refractivity contribution in [2.45, 2.75) is 26.3 Å². The number of unbranched alkanes of at least 4 members (excludes halogenated alkanes) is 1.